The maximum absolute atomic E-state index is 13.0. The molecule has 0 saturated heterocycles. The molecule has 0 radical (unpaired) electrons. The topological polar surface area (TPSA) is 78.4 Å². The molecule has 2 amide bonds. The van der Waals surface area contributed by atoms with Crippen LogP contribution in [0.25, 0.3) is 0 Å². The van der Waals surface area contributed by atoms with E-state index in [1.54, 1.807) is 0 Å². The van der Waals surface area contributed by atoms with Crippen molar-refractivity contribution in [3.8, 4) is 0 Å². The first kappa shape index (κ1) is 25.5. The van der Waals surface area contributed by atoms with Crippen molar-refractivity contribution in [2.45, 2.75) is 124 Å². The molecule has 32 heavy (non-hydrogen) atoms. The van der Waals surface area contributed by atoms with E-state index in [1.807, 2.05) is 6.92 Å². The van der Waals surface area contributed by atoms with Crippen molar-refractivity contribution < 1.29 is 14.7 Å². The first-order valence-corrected chi connectivity index (χ1v) is 13.2. The molecule has 7 atom stereocenters. The van der Waals surface area contributed by atoms with Crippen LogP contribution < -0.4 is 10.6 Å². The average Bonchev–Trinajstić information content (AvgIpc) is 2.69. The van der Waals surface area contributed by atoms with Gasteiger partial charge in [-0.15, -0.1) is 0 Å². The van der Waals surface area contributed by atoms with Crippen LogP contribution in [0.1, 0.15) is 106 Å². The molecule has 3 saturated carbocycles. The van der Waals surface area contributed by atoms with E-state index in [4.69, 9.17) is 0 Å². The molecule has 0 unspecified atom stereocenters. The van der Waals surface area contributed by atoms with Gasteiger partial charge in [0.15, 0.2) is 0 Å². The fourth-order valence-corrected chi connectivity index (χ4v) is 7.01. The number of aliphatic hydroxyl groups excluding tert-OH is 1. The molecule has 0 aromatic heterocycles. The Morgan fingerprint density at radius 2 is 1.66 bits per heavy atom. The van der Waals surface area contributed by atoms with E-state index in [0.29, 0.717) is 12.5 Å². The lowest BCUT2D eigenvalue weighted by Gasteiger charge is -2.56. The van der Waals surface area contributed by atoms with Crippen LogP contribution in [-0.2, 0) is 9.59 Å². The fraction of sp³-hybridized carbons (Fsp3) is 0.926. The van der Waals surface area contributed by atoms with E-state index >= 15 is 0 Å². The number of aliphatic hydroxyl groups is 1. The molecule has 0 spiro atoms. The number of hydrogen-bond acceptors (Lipinski definition) is 3. The van der Waals surface area contributed by atoms with Gasteiger partial charge in [-0.3, -0.25) is 9.59 Å². The zero-order valence-electron chi connectivity index (χ0n) is 21.4. The van der Waals surface area contributed by atoms with Crippen LogP contribution in [-0.4, -0.2) is 35.1 Å². The minimum Gasteiger partial charge on any atom is -0.392 e. The van der Waals surface area contributed by atoms with Gasteiger partial charge in [-0.2, -0.15) is 0 Å². The fourth-order valence-electron chi connectivity index (χ4n) is 7.01. The summed E-state index contributed by atoms with van der Waals surface area (Å²) in [6, 6.07) is 0.406. The van der Waals surface area contributed by atoms with Crippen molar-refractivity contribution in [2.75, 3.05) is 0 Å². The van der Waals surface area contributed by atoms with Gasteiger partial charge < -0.3 is 15.7 Å². The third-order valence-electron chi connectivity index (χ3n) is 8.93. The standard InChI is InChI=1S/C27H48N2O3/c1-17(25(32)28-19-10-8-7-9-11-19)20-12-14-27(6)15-13-21(18(2)23(27)24(20)31)29-22(30)16-26(3,4)5/h17-21,23-24,31H,7-16H2,1-6H3,(H,28,32)(H,29,30)/t17-,18+,20-,21-,23+,24-,27-/m0/s1. The molecule has 3 fully saturated rings. The molecule has 3 aliphatic carbocycles. The van der Waals surface area contributed by atoms with Crippen LogP contribution in [0.5, 0.6) is 0 Å². The van der Waals surface area contributed by atoms with Crippen LogP contribution in [0.3, 0.4) is 0 Å². The maximum atomic E-state index is 13.0. The van der Waals surface area contributed by atoms with E-state index in [-0.39, 0.29) is 52.4 Å². The summed E-state index contributed by atoms with van der Waals surface area (Å²) < 4.78 is 0. The molecule has 0 bridgehead atoms. The van der Waals surface area contributed by atoms with Gasteiger partial charge in [0.05, 0.1) is 6.10 Å². The normalized spacial score (nSPS) is 37.3. The van der Waals surface area contributed by atoms with E-state index in [1.165, 1.54) is 19.3 Å². The van der Waals surface area contributed by atoms with Crippen molar-refractivity contribution in [3.63, 3.8) is 0 Å². The van der Waals surface area contributed by atoms with Gasteiger partial charge >= 0.3 is 0 Å². The Balaban J connectivity index is 1.66. The predicted molar refractivity (Wildman–Crippen MR) is 129 cm³/mol. The van der Waals surface area contributed by atoms with Gasteiger partial charge in [0, 0.05) is 24.4 Å². The number of nitrogens with one attached hydrogen (secondary N) is 2. The molecule has 0 aliphatic heterocycles. The minimum atomic E-state index is -0.502. The molecule has 3 rings (SSSR count). The molecule has 0 heterocycles. The Bertz CT molecular complexity index is 666. The van der Waals surface area contributed by atoms with E-state index < -0.39 is 6.10 Å². The van der Waals surface area contributed by atoms with Crippen LogP contribution in [0.4, 0.5) is 0 Å². The van der Waals surface area contributed by atoms with Crippen molar-refractivity contribution >= 4 is 11.8 Å². The predicted octanol–water partition coefficient (Wildman–Crippen LogP) is 4.82. The average molecular weight is 449 g/mol. The second-order valence-electron chi connectivity index (χ2n) is 12.8. The highest BCUT2D eigenvalue weighted by atomic mass is 16.3. The van der Waals surface area contributed by atoms with Crippen LogP contribution in [0.2, 0.25) is 0 Å². The minimum absolute atomic E-state index is 0.0110. The quantitative estimate of drug-likeness (QED) is 0.564. The van der Waals surface area contributed by atoms with Gasteiger partial charge in [-0.25, -0.2) is 0 Å². The molecule has 0 aromatic carbocycles. The van der Waals surface area contributed by atoms with Gasteiger partial charge in [-0.05, 0) is 67.1 Å². The summed E-state index contributed by atoms with van der Waals surface area (Å²) in [5.74, 6) is 0.342. The van der Waals surface area contributed by atoms with E-state index in [0.717, 1.165) is 38.5 Å². The summed E-state index contributed by atoms with van der Waals surface area (Å²) in [6.45, 7) is 12.8. The number of fused-ring (bicyclic) bond motifs is 1. The zero-order chi connectivity index (χ0) is 23.7. The molecular weight excluding hydrogens is 400 g/mol. The Kier molecular flexibility index (Phi) is 8.00. The number of carbonyl (C=O) groups excluding carboxylic acids is 2. The Morgan fingerprint density at radius 1 is 1.03 bits per heavy atom. The van der Waals surface area contributed by atoms with Gasteiger partial charge in [-0.1, -0.05) is 60.8 Å². The molecule has 184 valence electrons. The van der Waals surface area contributed by atoms with Crippen LogP contribution in [0, 0.1) is 34.5 Å². The summed E-state index contributed by atoms with van der Waals surface area (Å²) in [5.41, 5.74) is 0.0488. The monoisotopic (exact) mass is 448 g/mol. The number of amides is 2. The van der Waals surface area contributed by atoms with Crippen LogP contribution >= 0.6 is 0 Å². The number of rotatable bonds is 5. The summed E-state index contributed by atoms with van der Waals surface area (Å²) in [5, 5.41) is 18.1. The smallest absolute Gasteiger partial charge is 0.223 e. The number of hydrogen-bond donors (Lipinski definition) is 3. The summed E-state index contributed by atoms with van der Waals surface area (Å²) in [4.78, 5) is 25.7. The lowest BCUT2D eigenvalue weighted by atomic mass is 9.51. The van der Waals surface area contributed by atoms with Crippen molar-refractivity contribution in [2.24, 2.45) is 34.5 Å². The first-order chi connectivity index (χ1) is 14.9. The molecule has 3 aliphatic rings. The second kappa shape index (κ2) is 10.0. The third-order valence-corrected chi connectivity index (χ3v) is 8.93. The molecule has 5 heteroatoms. The summed E-state index contributed by atoms with van der Waals surface area (Å²) in [6.07, 6.45) is 9.80. The lowest BCUT2D eigenvalue weighted by Crippen LogP contribution is -2.59. The van der Waals surface area contributed by atoms with Crippen molar-refractivity contribution in [1.29, 1.82) is 0 Å². The SMILES string of the molecule is C[C@H]1[C@@H]2[C@@H](O)[C@H]([C@H](C)C(=O)NC3CCCCC3)CC[C@@]2(C)CC[C@@H]1NC(=O)CC(C)(C)C. The highest BCUT2D eigenvalue weighted by Gasteiger charge is 2.54. The first-order valence-electron chi connectivity index (χ1n) is 13.2. The Hall–Kier alpha value is -1.10. The largest absolute Gasteiger partial charge is 0.392 e. The van der Waals surface area contributed by atoms with Crippen LogP contribution in [0.15, 0.2) is 0 Å². The highest BCUT2D eigenvalue weighted by molar-refractivity contribution is 5.79. The third kappa shape index (κ3) is 5.87. The lowest BCUT2D eigenvalue weighted by molar-refractivity contribution is -0.144. The molecule has 3 N–H and O–H groups in total. The number of carbonyl (C=O) groups is 2. The Morgan fingerprint density at radius 3 is 2.28 bits per heavy atom. The maximum Gasteiger partial charge on any atom is 0.223 e. The van der Waals surface area contributed by atoms with E-state index in [9.17, 15) is 14.7 Å². The highest BCUT2D eigenvalue weighted by Crippen LogP contribution is 2.55. The molecule has 5 nitrogen and oxygen atoms in total. The summed E-state index contributed by atoms with van der Waals surface area (Å²) >= 11 is 0. The van der Waals surface area contributed by atoms with Gasteiger partial charge in [0.25, 0.3) is 0 Å². The Labute approximate surface area is 195 Å². The van der Waals surface area contributed by atoms with Gasteiger partial charge in [0.2, 0.25) is 11.8 Å². The molecule has 0 aromatic rings. The van der Waals surface area contributed by atoms with Crippen molar-refractivity contribution in [1.82, 2.24) is 10.6 Å². The molecular formula is C27H48N2O3. The van der Waals surface area contributed by atoms with Crippen molar-refractivity contribution in [3.05, 3.63) is 0 Å². The second-order valence-corrected chi connectivity index (χ2v) is 12.8. The van der Waals surface area contributed by atoms with E-state index in [2.05, 4.69) is 45.3 Å². The van der Waals surface area contributed by atoms with Gasteiger partial charge in [0.1, 0.15) is 0 Å². The zero-order valence-corrected chi connectivity index (χ0v) is 21.4. The summed E-state index contributed by atoms with van der Waals surface area (Å²) in [7, 11) is 0.